The van der Waals surface area contributed by atoms with E-state index in [0.29, 0.717) is 23.4 Å². The van der Waals surface area contributed by atoms with Crippen LogP contribution in [0.1, 0.15) is 21.5 Å². The summed E-state index contributed by atoms with van der Waals surface area (Å²) in [5.41, 5.74) is 1.98. The van der Waals surface area contributed by atoms with Crippen molar-refractivity contribution in [2.75, 3.05) is 21.2 Å². The van der Waals surface area contributed by atoms with E-state index in [0.717, 1.165) is 16.2 Å². The van der Waals surface area contributed by atoms with Gasteiger partial charge >= 0.3 is 0 Å². The van der Waals surface area contributed by atoms with Crippen LogP contribution in [0, 0.1) is 0 Å². The molecule has 1 heterocycles. The van der Waals surface area contributed by atoms with Crippen LogP contribution in [0.2, 0.25) is 0 Å². The highest BCUT2D eigenvalue weighted by atomic mass is 16.5. The Balaban J connectivity index is 1.96. The third-order valence-electron chi connectivity index (χ3n) is 3.86. The highest BCUT2D eigenvalue weighted by Crippen LogP contribution is 2.39. The zero-order chi connectivity index (χ0) is 17.3. The smallest absolute Gasteiger partial charge is 0.231 e. The number of carbonyl (C=O) groups is 1. The summed E-state index contributed by atoms with van der Waals surface area (Å²) in [7, 11) is 5.56. The predicted octanol–water partition coefficient (Wildman–Crippen LogP) is 1.66. The summed E-state index contributed by atoms with van der Waals surface area (Å²) in [5, 5.41) is 10.1. The number of carbonyl (C=O) groups excluding carboxylic acids is 1. The molecule has 0 bridgehead atoms. The van der Waals surface area contributed by atoms with Crippen molar-refractivity contribution in [3.63, 3.8) is 0 Å². The van der Waals surface area contributed by atoms with Crippen molar-refractivity contribution in [2.45, 2.75) is 6.54 Å². The Morgan fingerprint density at radius 1 is 1.17 bits per heavy atom. The molecule has 2 N–H and O–H groups in total. The molecule has 0 atom stereocenters. The monoisotopic (exact) mass is 326 g/mol. The van der Waals surface area contributed by atoms with Crippen LogP contribution in [0.4, 0.5) is 0 Å². The number of nitrogens with one attached hydrogen (secondary N) is 1. The standard InChI is InChI=1S/C19H19NO4/c1-20(2)11-15-16(21)9-8-14-18(22)17(24-19(14)15)10-12-4-6-13(23-3)7-5-12/h4-10,21H,11H2,1-3H3/p+1/b17-10-. The lowest BCUT2D eigenvalue weighted by Crippen LogP contribution is -3.04. The van der Waals surface area contributed by atoms with Crippen molar-refractivity contribution >= 4 is 11.9 Å². The summed E-state index contributed by atoms with van der Waals surface area (Å²) in [5.74, 6) is 1.45. The molecule has 124 valence electrons. The van der Waals surface area contributed by atoms with E-state index in [-0.39, 0.29) is 17.3 Å². The molecular formula is C19H20NO4+. The second-order valence-corrected chi connectivity index (χ2v) is 6.04. The summed E-state index contributed by atoms with van der Waals surface area (Å²) in [6.07, 6.45) is 1.70. The number of aromatic hydroxyl groups is 1. The Labute approximate surface area is 140 Å². The number of benzene rings is 2. The highest BCUT2D eigenvalue weighted by molar-refractivity contribution is 6.14. The van der Waals surface area contributed by atoms with Gasteiger partial charge in [-0.05, 0) is 35.9 Å². The zero-order valence-corrected chi connectivity index (χ0v) is 13.9. The van der Waals surface area contributed by atoms with Crippen molar-refractivity contribution in [2.24, 2.45) is 0 Å². The number of rotatable bonds is 4. The molecule has 0 aliphatic carbocycles. The van der Waals surface area contributed by atoms with Gasteiger partial charge in [-0.15, -0.1) is 0 Å². The average molecular weight is 326 g/mol. The van der Waals surface area contributed by atoms with Gasteiger partial charge in [0.2, 0.25) is 5.78 Å². The summed E-state index contributed by atoms with van der Waals surface area (Å²) < 4.78 is 10.9. The third kappa shape index (κ3) is 2.98. The number of ketones is 1. The van der Waals surface area contributed by atoms with Crippen LogP contribution in [-0.4, -0.2) is 32.1 Å². The molecule has 0 amide bonds. The van der Waals surface area contributed by atoms with Gasteiger partial charge in [0.1, 0.15) is 18.0 Å². The molecule has 0 aromatic heterocycles. The minimum atomic E-state index is -0.171. The Kier molecular flexibility index (Phi) is 4.27. The summed E-state index contributed by atoms with van der Waals surface area (Å²) in [4.78, 5) is 13.7. The van der Waals surface area contributed by atoms with Gasteiger partial charge in [0.25, 0.3) is 0 Å². The predicted molar refractivity (Wildman–Crippen MR) is 90.6 cm³/mol. The van der Waals surface area contributed by atoms with Crippen LogP contribution >= 0.6 is 0 Å². The summed E-state index contributed by atoms with van der Waals surface area (Å²) >= 11 is 0. The van der Waals surface area contributed by atoms with Crippen molar-refractivity contribution < 1.29 is 24.3 Å². The van der Waals surface area contributed by atoms with E-state index >= 15 is 0 Å². The van der Waals surface area contributed by atoms with Gasteiger partial charge in [0.05, 0.1) is 32.3 Å². The van der Waals surface area contributed by atoms with E-state index in [4.69, 9.17) is 9.47 Å². The van der Waals surface area contributed by atoms with Gasteiger partial charge in [-0.2, -0.15) is 0 Å². The van der Waals surface area contributed by atoms with Crippen LogP contribution in [0.25, 0.3) is 6.08 Å². The van der Waals surface area contributed by atoms with Crippen molar-refractivity contribution in [3.8, 4) is 17.2 Å². The molecule has 0 saturated carbocycles. The molecule has 0 saturated heterocycles. The molecule has 2 aromatic carbocycles. The second-order valence-electron chi connectivity index (χ2n) is 6.04. The van der Waals surface area contributed by atoms with Crippen LogP contribution < -0.4 is 14.4 Å². The molecule has 1 aliphatic heterocycles. The zero-order valence-electron chi connectivity index (χ0n) is 13.9. The van der Waals surface area contributed by atoms with Gasteiger partial charge in [-0.3, -0.25) is 4.79 Å². The Morgan fingerprint density at radius 3 is 2.50 bits per heavy atom. The number of hydrogen-bond donors (Lipinski definition) is 2. The topological polar surface area (TPSA) is 60.2 Å². The lowest BCUT2D eigenvalue weighted by atomic mass is 10.0. The second kappa shape index (κ2) is 6.37. The largest absolute Gasteiger partial charge is 0.507 e. The summed E-state index contributed by atoms with van der Waals surface area (Å²) in [6.45, 7) is 0.568. The van der Waals surface area contributed by atoms with Gasteiger partial charge in [0, 0.05) is 0 Å². The van der Waals surface area contributed by atoms with Gasteiger partial charge < -0.3 is 19.5 Å². The highest BCUT2D eigenvalue weighted by Gasteiger charge is 2.31. The van der Waals surface area contributed by atoms with E-state index in [2.05, 4.69) is 0 Å². The molecule has 1 aliphatic rings. The molecule has 0 radical (unpaired) electrons. The Morgan fingerprint density at radius 2 is 1.88 bits per heavy atom. The first-order chi connectivity index (χ1) is 11.5. The molecule has 5 heteroatoms. The van der Waals surface area contributed by atoms with E-state index in [1.807, 2.05) is 38.4 Å². The molecule has 3 rings (SSSR count). The first kappa shape index (κ1) is 16.1. The molecule has 0 unspecified atom stereocenters. The number of fused-ring (bicyclic) bond motifs is 1. The maximum Gasteiger partial charge on any atom is 0.231 e. The summed E-state index contributed by atoms with van der Waals surface area (Å²) in [6, 6.07) is 10.5. The number of hydrogen-bond acceptors (Lipinski definition) is 4. The van der Waals surface area contributed by atoms with E-state index in [1.54, 1.807) is 25.3 Å². The van der Waals surface area contributed by atoms with E-state index in [9.17, 15) is 9.90 Å². The van der Waals surface area contributed by atoms with Gasteiger partial charge in [-0.25, -0.2) is 0 Å². The van der Waals surface area contributed by atoms with Crippen LogP contribution in [0.5, 0.6) is 17.2 Å². The van der Waals surface area contributed by atoms with Crippen molar-refractivity contribution in [1.82, 2.24) is 0 Å². The molecular weight excluding hydrogens is 306 g/mol. The quantitative estimate of drug-likeness (QED) is 0.839. The van der Waals surface area contributed by atoms with Crippen molar-refractivity contribution in [3.05, 3.63) is 58.8 Å². The fraction of sp³-hybridized carbons (Fsp3) is 0.211. The maximum absolute atomic E-state index is 12.6. The number of phenolic OH excluding ortho intramolecular Hbond substituents is 1. The van der Waals surface area contributed by atoms with Crippen molar-refractivity contribution in [1.29, 1.82) is 0 Å². The van der Waals surface area contributed by atoms with Gasteiger partial charge in [-0.1, -0.05) is 12.1 Å². The number of allylic oxidation sites excluding steroid dienone is 1. The lowest BCUT2D eigenvalue weighted by Gasteiger charge is -2.12. The first-order valence-electron chi connectivity index (χ1n) is 7.71. The Hall–Kier alpha value is -2.79. The number of phenols is 1. The van der Waals surface area contributed by atoms with Gasteiger partial charge in [0.15, 0.2) is 11.5 Å². The van der Waals surface area contributed by atoms with Crippen LogP contribution in [-0.2, 0) is 6.54 Å². The molecule has 24 heavy (non-hydrogen) atoms. The fourth-order valence-electron chi connectivity index (χ4n) is 2.67. The third-order valence-corrected chi connectivity index (χ3v) is 3.86. The minimum Gasteiger partial charge on any atom is -0.507 e. The van der Waals surface area contributed by atoms with Crippen LogP contribution in [0.3, 0.4) is 0 Å². The first-order valence-corrected chi connectivity index (χ1v) is 7.71. The fourth-order valence-corrected chi connectivity index (χ4v) is 2.67. The molecule has 2 aromatic rings. The molecule has 0 spiro atoms. The molecule has 5 nitrogen and oxygen atoms in total. The molecule has 0 fully saturated rings. The Bertz CT molecular complexity index is 807. The van der Waals surface area contributed by atoms with E-state index < -0.39 is 0 Å². The SMILES string of the molecule is COc1ccc(/C=C2\Oc3c(ccc(O)c3C[NH+](C)C)C2=O)cc1. The normalized spacial score (nSPS) is 14.8. The number of ether oxygens (including phenoxy) is 2. The number of quaternary nitrogens is 1. The number of Topliss-reactive ketones (excluding diaryl/α,β-unsaturated/α-hetero) is 1. The maximum atomic E-state index is 12.6. The van der Waals surface area contributed by atoms with Crippen LogP contribution in [0.15, 0.2) is 42.2 Å². The lowest BCUT2D eigenvalue weighted by molar-refractivity contribution is -0.872. The average Bonchev–Trinajstić information content (AvgIpc) is 2.87. The number of methoxy groups -OCH3 is 1. The van der Waals surface area contributed by atoms with E-state index in [1.165, 1.54) is 0 Å². The minimum absolute atomic E-state index is 0.147.